The third-order valence-corrected chi connectivity index (χ3v) is 3.73. The minimum atomic E-state index is -0.279. The van der Waals surface area contributed by atoms with Gasteiger partial charge in [-0.25, -0.2) is 0 Å². The van der Waals surface area contributed by atoms with Gasteiger partial charge in [0.15, 0.2) is 0 Å². The van der Waals surface area contributed by atoms with E-state index in [-0.39, 0.29) is 24.4 Å². The molecule has 5 nitrogen and oxygen atoms in total. The summed E-state index contributed by atoms with van der Waals surface area (Å²) in [6.07, 6.45) is 0.649. The topological polar surface area (TPSA) is 52.7 Å². The predicted molar refractivity (Wildman–Crippen MR) is 77.1 cm³/mol. The molecule has 5 heteroatoms. The Kier molecular flexibility index (Phi) is 4.39. The first-order valence-electron chi connectivity index (χ1n) is 6.75. The maximum absolute atomic E-state index is 12.1. The van der Waals surface area contributed by atoms with Gasteiger partial charge < -0.3 is 10.2 Å². The van der Waals surface area contributed by atoms with Crippen molar-refractivity contribution in [2.75, 3.05) is 27.7 Å². The molecule has 1 aliphatic rings. The first-order chi connectivity index (χ1) is 9.52. The standard InChI is InChI=1S/C15H21N3O2/c1-16-15(20)13-8-11-6-4-5-7-12(11)9-18(13)10-14(19)17(2)3/h4-7,13H,8-10H2,1-3H3,(H,16,20)/t13-/m0/s1. The van der Waals surface area contributed by atoms with E-state index in [1.54, 1.807) is 26.0 Å². The Morgan fingerprint density at radius 1 is 1.30 bits per heavy atom. The molecule has 0 radical (unpaired) electrons. The highest BCUT2D eigenvalue weighted by atomic mass is 16.2. The van der Waals surface area contributed by atoms with Crippen LogP contribution in [0, 0.1) is 0 Å². The molecule has 0 unspecified atom stereocenters. The lowest BCUT2D eigenvalue weighted by Crippen LogP contribution is -2.52. The summed E-state index contributed by atoms with van der Waals surface area (Å²) < 4.78 is 0. The third kappa shape index (κ3) is 2.99. The summed E-state index contributed by atoms with van der Waals surface area (Å²) in [6.45, 7) is 0.896. The van der Waals surface area contributed by atoms with E-state index in [1.165, 1.54) is 11.1 Å². The molecular weight excluding hydrogens is 254 g/mol. The highest BCUT2D eigenvalue weighted by Gasteiger charge is 2.32. The largest absolute Gasteiger partial charge is 0.358 e. The maximum atomic E-state index is 12.1. The molecule has 1 atom stereocenters. The van der Waals surface area contributed by atoms with Crippen LogP contribution in [-0.2, 0) is 22.6 Å². The zero-order valence-electron chi connectivity index (χ0n) is 12.2. The van der Waals surface area contributed by atoms with Crippen LogP contribution in [0.3, 0.4) is 0 Å². The van der Waals surface area contributed by atoms with Gasteiger partial charge in [-0.05, 0) is 17.5 Å². The summed E-state index contributed by atoms with van der Waals surface area (Å²) >= 11 is 0. The van der Waals surface area contributed by atoms with E-state index >= 15 is 0 Å². The number of amides is 2. The maximum Gasteiger partial charge on any atom is 0.237 e. The van der Waals surface area contributed by atoms with Crippen molar-refractivity contribution in [2.45, 2.75) is 19.0 Å². The van der Waals surface area contributed by atoms with Crippen molar-refractivity contribution in [1.29, 1.82) is 0 Å². The SMILES string of the molecule is CNC(=O)[C@@H]1Cc2ccccc2CN1CC(=O)N(C)C. The summed E-state index contributed by atoms with van der Waals surface area (Å²) in [6, 6.07) is 7.81. The number of fused-ring (bicyclic) bond motifs is 1. The highest BCUT2D eigenvalue weighted by Crippen LogP contribution is 2.23. The molecular formula is C15H21N3O2. The molecule has 0 aromatic heterocycles. The van der Waals surface area contributed by atoms with E-state index in [1.807, 2.05) is 17.0 Å². The second-order valence-electron chi connectivity index (χ2n) is 5.30. The minimum Gasteiger partial charge on any atom is -0.358 e. The molecule has 1 aromatic carbocycles. The monoisotopic (exact) mass is 275 g/mol. The predicted octanol–water partition coefficient (Wildman–Crippen LogP) is 0.248. The van der Waals surface area contributed by atoms with Crippen LogP contribution in [0.1, 0.15) is 11.1 Å². The van der Waals surface area contributed by atoms with Crippen molar-refractivity contribution < 1.29 is 9.59 Å². The second-order valence-corrected chi connectivity index (χ2v) is 5.30. The molecule has 0 saturated heterocycles. The molecule has 0 saturated carbocycles. The Morgan fingerprint density at radius 3 is 2.55 bits per heavy atom. The van der Waals surface area contributed by atoms with Gasteiger partial charge in [0.05, 0.1) is 12.6 Å². The number of nitrogens with one attached hydrogen (secondary N) is 1. The molecule has 0 aliphatic carbocycles. The lowest BCUT2D eigenvalue weighted by Gasteiger charge is -2.35. The zero-order chi connectivity index (χ0) is 14.7. The summed E-state index contributed by atoms with van der Waals surface area (Å²) in [5, 5.41) is 2.69. The Hall–Kier alpha value is -1.88. The van der Waals surface area contributed by atoms with Crippen LogP contribution in [-0.4, -0.2) is 55.3 Å². The Balaban J connectivity index is 2.23. The van der Waals surface area contributed by atoms with Gasteiger partial charge in [-0.3, -0.25) is 14.5 Å². The number of carbonyl (C=O) groups excluding carboxylic acids is 2. The molecule has 1 heterocycles. The van der Waals surface area contributed by atoms with Crippen LogP contribution in [0.2, 0.25) is 0 Å². The van der Waals surface area contributed by atoms with Crippen LogP contribution in [0.25, 0.3) is 0 Å². The van der Waals surface area contributed by atoms with Crippen molar-refractivity contribution >= 4 is 11.8 Å². The van der Waals surface area contributed by atoms with E-state index < -0.39 is 0 Å². The molecule has 1 N–H and O–H groups in total. The van der Waals surface area contributed by atoms with Gasteiger partial charge in [0.2, 0.25) is 11.8 Å². The van der Waals surface area contributed by atoms with Crippen LogP contribution in [0.5, 0.6) is 0 Å². The summed E-state index contributed by atoms with van der Waals surface area (Å²) in [5.41, 5.74) is 2.38. The summed E-state index contributed by atoms with van der Waals surface area (Å²) in [5.74, 6) is -0.0238. The third-order valence-electron chi connectivity index (χ3n) is 3.73. The van der Waals surface area contributed by atoms with Crippen LogP contribution in [0.4, 0.5) is 0 Å². The second kappa shape index (κ2) is 6.05. The van der Waals surface area contributed by atoms with Gasteiger partial charge in [-0.1, -0.05) is 24.3 Å². The van der Waals surface area contributed by atoms with Gasteiger partial charge in [-0.2, -0.15) is 0 Å². The molecule has 1 aliphatic heterocycles. The van der Waals surface area contributed by atoms with E-state index in [0.29, 0.717) is 13.0 Å². The summed E-state index contributed by atoms with van der Waals surface area (Å²) in [7, 11) is 5.10. The summed E-state index contributed by atoms with van der Waals surface area (Å²) in [4.78, 5) is 27.5. The highest BCUT2D eigenvalue weighted by molar-refractivity contribution is 5.84. The lowest BCUT2D eigenvalue weighted by atomic mass is 9.93. The van der Waals surface area contributed by atoms with Crippen molar-refractivity contribution in [2.24, 2.45) is 0 Å². The van der Waals surface area contributed by atoms with E-state index in [4.69, 9.17) is 0 Å². The molecule has 2 amide bonds. The van der Waals surface area contributed by atoms with Crippen LogP contribution >= 0.6 is 0 Å². The van der Waals surface area contributed by atoms with Crippen molar-refractivity contribution in [1.82, 2.24) is 15.1 Å². The fourth-order valence-corrected chi connectivity index (χ4v) is 2.48. The van der Waals surface area contributed by atoms with Crippen LogP contribution < -0.4 is 5.32 Å². The number of hydrogen-bond donors (Lipinski definition) is 1. The van der Waals surface area contributed by atoms with Crippen molar-refractivity contribution in [3.05, 3.63) is 35.4 Å². The van der Waals surface area contributed by atoms with E-state index in [0.717, 1.165) is 0 Å². The van der Waals surface area contributed by atoms with Gasteiger partial charge in [-0.15, -0.1) is 0 Å². The number of carbonyl (C=O) groups is 2. The molecule has 108 valence electrons. The molecule has 20 heavy (non-hydrogen) atoms. The van der Waals surface area contributed by atoms with Crippen molar-refractivity contribution in [3.8, 4) is 0 Å². The van der Waals surface area contributed by atoms with Crippen LogP contribution in [0.15, 0.2) is 24.3 Å². The van der Waals surface area contributed by atoms with E-state index in [9.17, 15) is 9.59 Å². The lowest BCUT2D eigenvalue weighted by molar-refractivity contribution is -0.133. The Labute approximate surface area is 119 Å². The normalized spacial score (nSPS) is 18.2. The molecule has 0 spiro atoms. The zero-order valence-corrected chi connectivity index (χ0v) is 12.2. The minimum absolute atomic E-state index is 0.0123. The first kappa shape index (κ1) is 14.5. The van der Waals surface area contributed by atoms with Gasteiger partial charge in [0.25, 0.3) is 0 Å². The molecule has 1 aromatic rings. The number of rotatable bonds is 3. The fraction of sp³-hybridized carbons (Fsp3) is 0.467. The average Bonchev–Trinajstić information content (AvgIpc) is 2.45. The fourth-order valence-electron chi connectivity index (χ4n) is 2.48. The number of nitrogens with zero attached hydrogens (tertiary/aromatic N) is 2. The average molecular weight is 275 g/mol. The van der Waals surface area contributed by atoms with Gasteiger partial charge in [0, 0.05) is 27.7 Å². The molecule has 0 fully saturated rings. The molecule has 2 rings (SSSR count). The number of benzene rings is 1. The quantitative estimate of drug-likeness (QED) is 0.860. The Morgan fingerprint density at radius 2 is 1.95 bits per heavy atom. The van der Waals surface area contributed by atoms with Crippen molar-refractivity contribution in [3.63, 3.8) is 0 Å². The first-order valence-corrected chi connectivity index (χ1v) is 6.75. The van der Waals surface area contributed by atoms with E-state index in [2.05, 4.69) is 17.4 Å². The number of likely N-dealkylation sites (N-methyl/N-ethyl adjacent to an activating group) is 2. The van der Waals surface area contributed by atoms with Gasteiger partial charge in [0.1, 0.15) is 0 Å². The van der Waals surface area contributed by atoms with Gasteiger partial charge >= 0.3 is 0 Å². The molecule has 0 bridgehead atoms. The number of hydrogen-bond acceptors (Lipinski definition) is 3. The Bertz CT molecular complexity index is 514. The smallest absolute Gasteiger partial charge is 0.237 e.